The molecule has 0 radical (unpaired) electrons. The number of aromatic nitrogens is 1. The number of fused-ring (bicyclic) bond motifs is 1. The van der Waals surface area contributed by atoms with E-state index in [1.807, 2.05) is 18.2 Å². The molecular formula is C17H19N3O4S. The van der Waals surface area contributed by atoms with E-state index in [-0.39, 0.29) is 17.2 Å². The van der Waals surface area contributed by atoms with Crippen LogP contribution in [0.3, 0.4) is 0 Å². The molecule has 25 heavy (non-hydrogen) atoms. The first kappa shape index (κ1) is 17.5. The summed E-state index contributed by atoms with van der Waals surface area (Å²) in [6.45, 7) is 1.98. The van der Waals surface area contributed by atoms with Crippen LogP contribution >= 0.6 is 12.6 Å². The van der Waals surface area contributed by atoms with Gasteiger partial charge in [0.05, 0.1) is 17.8 Å². The van der Waals surface area contributed by atoms with E-state index < -0.39 is 12.0 Å². The zero-order valence-electron chi connectivity index (χ0n) is 13.9. The van der Waals surface area contributed by atoms with Crippen LogP contribution in [0.1, 0.15) is 6.92 Å². The van der Waals surface area contributed by atoms with Crippen LogP contribution in [0.25, 0.3) is 10.9 Å². The number of aldehydes is 1. The number of rotatable bonds is 4. The molecule has 132 valence electrons. The standard InChI is InChI=1S/C17H19N3O4S/c1-17(10-21)20(8-15(24-17)18-14(22)9-25)12-4-5-13-11(7-12)3-6-16(23)19(13)2/h3-7,10,15,25H,8-9H2,1-2H3,(H,18,22)/t15-,17?/m0/s1. The molecule has 1 amide bonds. The Labute approximate surface area is 150 Å². The highest BCUT2D eigenvalue weighted by atomic mass is 32.1. The van der Waals surface area contributed by atoms with Gasteiger partial charge in [-0.05, 0) is 31.2 Å². The monoisotopic (exact) mass is 361 g/mol. The van der Waals surface area contributed by atoms with E-state index >= 15 is 0 Å². The molecule has 1 saturated heterocycles. The van der Waals surface area contributed by atoms with Crippen LogP contribution in [0.15, 0.2) is 35.1 Å². The fraction of sp³-hybridized carbons (Fsp3) is 0.353. The maximum atomic E-state index is 11.7. The molecule has 0 aliphatic carbocycles. The fourth-order valence-electron chi connectivity index (χ4n) is 3.03. The molecule has 1 fully saturated rings. The van der Waals surface area contributed by atoms with Crippen LogP contribution in [0.5, 0.6) is 0 Å². The van der Waals surface area contributed by atoms with Gasteiger partial charge in [0.2, 0.25) is 5.91 Å². The minimum Gasteiger partial charge on any atom is -0.333 e. The predicted molar refractivity (Wildman–Crippen MR) is 97.9 cm³/mol. The van der Waals surface area contributed by atoms with E-state index in [4.69, 9.17) is 4.74 Å². The number of hydrogen-bond donors (Lipinski definition) is 2. The molecular weight excluding hydrogens is 342 g/mol. The topological polar surface area (TPSA) is 80.6 Å². The van der Waals surface area contributed by atoms with Crippen molar-refractivity contribution in [2.75, 3.05) is 17.2 Å². The van der Waals surface area contributed by atoms with E-state index in [1.165, 1.54) is 6.07 Å². The lowest BCUT2D eigenvalue weighted by atomic mass is 10.1. The van der Waals surface area contributed by atoms with Crippen LogP contribution in [0.2, 0.25) is 0 Å². The highest BCUT2D eigenvalue weighted by Gasteiger charge is 2.43. The molecule has 1 unspecified atom stereocenters. The first-order valence-corrected chi connectivity index (χ1v) is 8.43. The van der Waals surface area contributed by atoms with Crippen molar-refractivity contribution in [3.63, 3.8) is 0 Å². The molecule has 7 nitrogen and oxygen atoms in total. The molecule has 2 heterocycles. The average molecular weight is 361 g/mol. The van der Waals surface area contributed by atoms with Gasteiger partial charge in [-0.3, -0.25) is 14.4 Å². The lowest BCUT2D eigenvalue weighted by Gasteiger charge is -2.30. The number of aryl methyl sites for hydroxylation is 1. The number of nitrogens with zero attached hydrogens (tertiary/aromatic N) is 2. The lowest BCUT2D eigenvalue weighted by molar-refractivity contribution is -0.133. The molecule has 8 heteroatoms. The molecule has 2 atom stereocenters. The Morgan fingerprint density at radius 2 is 2.20 bits per heavy atom. The van der Waals surface area contributed by atoms with Crippen molar-refractivity contribution in [3.8, 4) is 0 Å². The number of amides is 1. The number of nitrogens with one attached hydrogen (secondary N) is 1. The summed E-state index contributed by atoms with van der Waals surface area (Å²) in [6, 6.07) is 8.80. The summed E-state index contributed by atoms with van der Waals surface area (Å²) in [5.41, 5.74) is 0.285. The Morgan fingerprint density at radius 3 is 2.88 bits per heavy atom. The van der Waals surface area contributed by atoms with E-state index in [9.17, 15) is 14.4 Å². The number of thiol groups is 1. The minimum atomic E-state index is -1.19. The van der Waals surface area contributed by atoms with Gasteiger partial charge in [-0.15, -0.1) is 0 Å². The van der Waals surface area contributed by atoms with Gasteiger partial charge in [-0.25, -0.2) is 0 Å². The number of benzene rings is 1. The van der Waals surface area contributed by atoms with E-state index in [0.29, 0.717) is 12.8 Å². The minimum absolute atomic E-state index is 0.0433. The van der Waals surface area contributed by atoms with Gasteiger partial charge in [-0.1, -0.05) is 0 Å². The highest BCUT2D eigenvalue weighted by Crippen LogP contribution is 2.32. The Kier molecular flexibility index (Phi) is 4.57. The molecule has 3 rings (SSSR count). The average Bonchev–Trinajstić information content (AvgIpc) is 2.94. The van der Waals surface area contributed by atoms with Crippen LogP contribution in [-0.2, 0) is 21.4 Å². The quantitative estimate of drug-likeness (QED) is 0.618. The molecule has 1 aliphatic heterocycles. The summed E-state index contributed by atoms with van der Waals surface area (Å²) in [4.78, 5) is 36.7. The van der Waals surface area contributed by atoms with Gasteiger partial charge in [0.15, 0.2) is 18.2 Å². The second-order valence-electron chi connectivity index (χ2n) is 6.09. The van der Waals surface area contributed by atoms with Crippen molar-refractivity contribution < 1.29 is 14.3 Å². The summed E-state index contributed by atoms with van der Waals surface area (Å²) in [5, 5.41) is 3.56. The number of carbonyl (C=O) groups excluding carboxylic acids is 2. The van der Waals surface area contributed by atoms with E-state index in [0.717, 1.165) is 16.6 Å². The van der Waals surface area contributed by atoms with Gasteiger partial charge in [0, 0.05) is 24.2 Å². The van der Waals surface area contributed by atoms with Crippen molar-refractivity contribution >= 4 is 41.4 Å². The van der Waals surface area contributed by atoms with Gasteiger partial charge >= 0.3 is 0 Å². The van der Waals surface area contributed by atoms with Crippen molar-refractivity contribution in [1.82, 2.24) is 9.88 Å². The molecule has 0 spiro atoms. The smallest absolute Gasteiger partial charge is 0.250 e. The summed E-state index contributed by atoms with van der Waals surface area (Å²) in [5.74, 6) is -0.223. The highest BCUT2D eigenvalue weighted by molar-refractivity contribution is 7.81. The summed E-state index contributed by atoms with van der Waals surface area (Å²) >= 11 is 3.93. The number of pyridine rings is 1. The number of hydrogen-bond acceptors (Lipinski definition) is 6. The van der Waals surface area contributed by atoms with Gasteiger partial charge in [-0.2, -0.15) is 12.6 Å². The molecule has 0 saturated carbocycles. The zero-order valence-corrected chi connectivity index (χ0v) is 14.8. The second kappa shape index (κ2) is 6.53. The molecule has 1 aromatic carbocycles. The summed E-state index contributed by atoms with van der Waals surface area (Å²) in [7, 11) is 1.71. The largest absolute Gasteiger partial charge is 0.333 e. The number of ether oxygens (including phenoxy) is 1. The second-order valence-corrected chi connectivity index (χ2v) is 6.41. The van der Waals surface area contributed by atoms with Gasteiger partial charge in [0.1, 0.15) is 0 Å². The van der Waals surface area contributed by atoms with Crippen molar-refractivity contribution in [3.05, 3.63) is 40.7 Å². The predicted octanol–water partition coefficient (Wildman–Crippen LogP) is 0.662. The number of carbonyl (C=O) groups is 2. The van der Waals surface area contributed by atoms with Crippen molar-refractivity contribution in [2.45, 2.75) is 18.9 Å². The Morgan fingerprint density at radius 1 is 1.44 bits per heavy atom. The van der Waals surface area contributed by atoms with Crippen LogP contribution in [0.4, 0.5) is 5.69 Å². The first-order valence-electron chi connectivity index (χ1n) is 7.80. The first-order chi connectivity index (χ1) is 11.9. The van der Waals surface area contributed by atoms with E-state index in [2.05, 4.69) is 17.9 Å². The zero-order chi connectivity index (χ0) is 18.2. The van der Waals surface area contributed by atoms with Crippen molar-refractivity contribution in [2.24, 2.45) is 7.05 Å². The SMILES string of the molecule is Cn1c(=O)ccc2cc(N3C[C@@H](NC(=O)CS)OC3(C)C=O)ccc21. The Hall–Kier alpha value is -2.32. The van der Waals surface area contributed by atoms with Crippen LogP contribution in [-0.4, -0.2) is 41.0 Å². The maximum absolute atomic E-state index is 11.7. The number of anilines is 1. The third-order valence-electron chi connectivity index (χ3n) is 4.37. The fourth-order valence-corrected chi connectivity index (χ4v) is 3.12. The lowest BCUT2D eigenvalue weighted by Crippen LogP contribution is -2.43. The van der Waals surface area contributed by atoms with E-state index in [1.54, 1.807) is 29.5 Å². The molecule has 0 bridgehead atoms. The third-order valence-corrected chi connectivity index (χ3v) is 4.66. The maximum Gasteiger partial charge on any atom is 0.250 e. The van der Waals surface area contributed by atoms with Crippen LogP contribution in [0, 0.1) is 0 Å². The Balaban J connectivity index is 1.97. The summed E-state index contributed by atoms with van der Waals surface area (Å²) < 4.78 is 7.29. The molecule has 2 aromatic rings. The van der Waals surface area contributed by atoms with Crippen molar-refractivity contribution in [1.29, 1.82) is 0 Å². The Bertz CT molecular complexity index is 897. The summed E-state index contributed by atoms with van der Waals surface area (Å²) in [6.07, 6.45) is 0.107. The van der Waals surface area contributed by atoms with Gasteiger partial charge < -0.3 is 19.5 Å². The normalized spacial score (nSPS) is 23.0. The van der Waals surface area contributed by atoms with Crippen LogP contribution < -0.4 is 15.8 Å². The molecule has 1 aliphatic rings. The molecule has 1 N–H and O–H groups in total. The van der Waals surface area contributed by atoms with Gasteiger partial charge in [0.25, 0.3) is 5.56 Å². The third kappa shape index (κ3) is 3.14. The molecule has 1 aromatic heterocycles.